The standard InChI is InChI=1S/C17H22N2O2/c1-5-9-16-13(3)18(17(21)19(16)14(4)20)12(2)15-10-7-6-8-11-15/h6-8,10-12H,5,9H2,1-4H3/t12-/m0/s1. The summed E-state index contributed by atoms with van der Waals surface area (Å²) in [7, 11) is 0. The molecule has 1 atom stereocenters. The lowest BCUT2D eigenvalue weighted by Crippen LogP contribution is -2.30. The monoisotopic (exact) mass is 286 g/mol. The predicted molar refractivity (Wildman–Crippen MR) is 84.0 cm³/mol. The Morgan fingerprint density at radius 2 is 1.86 bits per heavy atom. The topological polar surface area (TPSA) is 44.0 Å². The number of nitrogens with zero attached hydrogens (tertiary/aromatic N) is 2. The van der Waals surface area contributed by atoms with Gasteiger partial charge in [0.1, 0.15) is 0 Å². The molecule has 0 saturated carbocycles. The first kappa shape index (κ1) is 15.3. The maximum absolute atomic E-state index is 12.6. The van der Waals surface area contributed by atoms with Crippen LogP contribution in [0.2, 0.25) is 0 Å². The van der Waals surface area contributed by atoms with Crippen molar-refractivity contribution in [2.45, 2.75) is 46.6 Å². The highest BCUT2D eigenvalue weighted by Crippen LogP contribution is 2.20. The first-order valence-corrected chi connectivity index (χ1v) is 7.37. The highest BCUT2D eigenvalue weighted by molar-refractivity contribution is 5.77. The summed E-state index contributed by atoms with van der Waals surface area (Å²) in [4.78, 5) is 24.5. The van der Waals surface area contributed by atoms with Gasteiger partial charge in [-0.05, 0) is 25.8 Å². The Bertz CT molecular complexity index is 696. The lowest BCUT2D eigenvalue weighted by Gasteiger charge is -2.15. The third-order valence-electron chi connectivity index (χ3n) is 3.92. The Morgan fingerprint density at radius 1 is 1.24 bits per heavy atom. The highest BCUT2D eigenvalue weighted by Gasteiger charge is 2.22. The predicted octanol–water partition coefficient (Wildman–Crippen LogP) is 3.18. The van der Waals surface area contributed by atoms with Gasteiger partial charge in [0.25, 0.3) is 0 Å². The average Bonchev–Trinajstić information content (AvgIpc) is 2.71. The molecule has 2 aromatic rings. The summed E-state index contributed by atoms with van der Waals surface area (Å²) in [6.07, 6.45) is 1.63. The minimum absolute atomic E-state index is 0.0880. The third-order valence-corrected chi connectivity index (χ3v) is 3.92. The maximum atomic E-state index is 12.6. The fourth-order valence-corrected chi connectivity index (χ4v) is 2.86. The Hall–Kier alpha value is -2.10. The van der Waals surface area contributed by atoms with Crippen molar-refractivity contribution < 1.29 is 4.79 Å². The van der Waals surface area contributed by atoms with Crippen molar-refractivity contribution >= 4 is 5.91 Å². The molecule has 2 rings (SSSR count). The Kier molecular flexibility index (Phi) is 4.46. The molecule has 0 N–H and O–H groups in total. The van der Waals surface area contributed by atoms with E-state index in [2.05, 4.69) is 0 Å². The molecule has 0 spiro atoms. The summed E-state index contributed by atoms with van der Waals surface area (Å²) in [5, 5.41) is 0. The minimum atomic E-state index is -0.236. The van der Waals surface area contributed by atoms with E-state index in [4.69, 9.17) is 0 Å². The molecule has 0 aliphatic heterocycles. The lowest BCUT2D eigenvalue weighted by atomic mass is 10.1. The number of benzene rings is 1. The number of aromatic nitrogens is 2. The fraction of sp³-hybridized carbons (Fsp3) is 0.412. The van der Waals surface area contributed by atoms with E-state index in [0.717, 1.165) is 29.8 Å². The SMILES string of the molecule is CCCc1c(C)n([C@@H](C)c2ccccc2)c(=O)n1C(C)=O. The highest BCUT2D eigenvalue weighted by atomic mass is 16.2. The molecular formula is C17H22N2O2. The van der Waals surface area contributed by atoms with E-state index >= 15 is 0 Å². The van der Waals surface area contributed by atoms with Crippen molar-refractivity contribution in [1.29, 1.82) is 0 Å². The summed E-state index contributed by atoms with van der Waals surface area (Å²) >= 11 is 0. The normalized spacial score (nSPS) is 12.4. The molecule has 0 aliphatic carbocycles. The first-order chi connectivity index (χ1) is 9.99. The molecule has 1 heterocycles. The van der Waals surface area contributed by atoms with E-state index < -0.39 is 0 Å². The fourth-order valence-electron chi connectivity index (χ4n) is 2.86. The second-order valence-corrected chi connectivity index (χ2v) is 5.38. The van der Waals surface area contributed by atoms with Gasteiger partial charge in [-0.15, -0.1) is 0 Å². The van der Waals surface area contributed by atoms with Gasteiger partial charge >= 0.3 is 5.69 Å². The van der Waals surface area contributed by atoms with Crippen molar-refractivity contribution in [3.8, 4) is 0 Å². The van der Waals surface area contributed by atoms with Crippen molar-refractivity contribution in [3.63, 3.8) is 0 Å². The van der Waals surface area contributed by atoms with Gasteiger partial charge in [-0.25, -0.2) is 9.36 Å². The average molecular weight is 286 g/mol. The van der Waals surface area contributed by atoms with Crippen molar-refractivity contribution in [2.75, 3.05) is 0 Å². The molecular weight excluding hydrogens is 264 g/mol. The zero-order valence-corrected chi connectivity index (χ0v) is 13.1. The quantitative estimate of drug-likeness (QED) is 0.866. The van der Waals surface area contributed by atoms with E-state index in [9.17, 15) is 9.59 Å². The van der Waals surface area contributed by atoms with Gasteiger partial charge in [0.05, 0.1) is 6.04 Å². The molecule has 1 aromatic carbocycles. The first-order valence-electron chi connectivity index (χ1n) is 7.37. The van der Waals surface area contributed by atoms with E-state index in [1.165, 1.54) is 11.5 Å². The van der Waals surface area contributed by atoms with E-state index in [-0.39, 0.29) is 17.6 Å². The van der Waals surface area contributed by atoms with Gasteiger partial charge in [-0.3, -0.25) is 9.36 Å². The molecule has 0 amide bonds. The van der Waals surface area contributed by atoms with Crippen LogP contribution >= 0.6 is 0 Å². The molecule has 0 unspecified atom stereocenters. The molecule has 4 heteroatoms. The summed E-state index contributed by atoms with van der Waals surface area (Å²) < 4.78 is 3.04. The zero-order valence-electron chi connectivity index (χ0n) is 13.1. The largest absolute Gasteiger partial charge is 0.335 e. The van der Waals surface area contributed by atoms with Crippen LogP contribution in [0.1, 0.15) is 55.0 Å². The zero-order chi connectivity index (χ0) is 15.6. The maximum Gasteiger partial charge on any atom is 0.335 e. The number of rotatable bonds is 4. The van der Waals surface area contributed by atoms with Crippen LogP contribution in [0.25, 0.3) is 0 Å². The van der Waals surface area contributed by atoms with Crippen LogP contribution in [0.4, 0.5) is 0 Å². The van der Waals surface area contributed by atoms with E-state index in [0.29, 0.717) is 0 Å². The van der Waals surface area contributed by atoms with Gasteiger partial charge in [0.15, 0.2) is 0 Å². The number of hydrogen-bond donors (Lipinski definition) is 0. The molecule has 0 bridgehead atoms. The van der Waals surface area contributed by atoms with Crippen molar-refractivity contribution in [1.82, 2.24) is 9.13 Å². The summed E-state index contributed by atoms with van der Waals surface area (Å²) in [6.45, 7) is 7.40. The van der Waals surface area contributed by atoms with Gasteiger partial charge in [0, 0.05) is 18.3 Å². The Morgan fingerprint density at radius 3 is 2.38 bits per heavy atom. The van der Waals surface area contributed by atoms with Crippen LogP contribution in [0, 0.1) is 6.92 Å². The number of carbonyl (C=O) groups is 1. The van der Waals surface area contributed by atoms with Gasteiger partial charge in [-0.1, -0.05) is 43.7 Å². The molecule has 0 saturated heterocycles. The van der Waals surface area contributed by atoms with Crippen LogP contribution in [0.3, 0.4) is 0 Å². The molecule has 0 radical (unpaired) electrons. The van der Waals surface area contributed by atoms with Crippen molar-refractivity contribution in [2.24, 2.45) is 0 Å². The van der Waals surface area contributed by atoms with E-state index in [1.807, 2.05) is 51.1 Å². The van der Waals surface area contributed by atoms with Crippen LogP contribution in [-0.4, -0.2) is 15.0 Å². The minimum Gasteiger partial charge on any atom is -0.289 e. The number of carbonyl (C=O) groups excluding carboxylic acids is 1. The summed E-state index contributed by atoms with van der Waals surface area (Å²) in [5.41, 5.74) is 2.54. The molecule has 112 valence electrons. The van der Waals surface area contributed by atoms with Gasteiger partial charge in [-0.2, -0.15) is 0 Å². The smallest absolute Gasteiger partial charge is 0.289 e. The third kappa shape index (κ3) is 2.71. The molecule has 4 nitrogen and oxygen atoms in total. The summed E-state index contributed by atoms with van der Waals surface area (Å²) in [6, 6.07) is 9.79. The van der Waals surface area contributed by atoms with Crippen LogP contribution < -0.4 is 5.69 Å². The second-order valence-electron chi connectivity index (χ2n) is 5.38. The summed E-state index contributed by atoms with van der Waals surface area (Å²) in [5.74, 6) is -0.217. The van der Waals surface area contributed by atoms with Crippen LogP contribution in [0.15, 0.2) is 35.1 Å². The van der Waals surface area contributed by atoms with Gasteiger partial charge in [0.2, 0.25) is 5.91 Å². The van der Waals surface area contributed by atoms with Crippen LogP contribution in [-0.2, 0) is 6.42 Å². The molecule has 1 aromatic heterocycles. The van der Waals surface area contributed by atoms with E-state index in [1.54, 1.807) is 4.57 Å². The lowest BCUT2D eigenvalue weighted by molar-refractivity contribution is 0.0928. The Labute approximate surface area is 125 Å². The second kappa shape index (κ2) is 6.12. The molecule has 21 heavy (non-hydrogen) atoms. The van der Waals surface area contributed by atoms with Gasteiger partial charge < -0.3 is 0 Å². The van der Waals surface area contributed by atoms with Crippen molar-refractivity contribution in [3.05, 3.63) is 57.8 Å². The number of hydrogen-bond acceptors (Lipinski definition) is 2. The Balaban J connectivity index is 2.62. The number of imidazole rings is 1. The molecule has 0 fully saturated rings. The molecule has 0 aliphatic rings. The van der Waals surface area contributed by atoms with Crippen LogP contribution in [0.5, 0.6) is 0 Å².